The van der Waals surface area contributed by atoms with Crippen molar-refractivity contribution in [2.45, 2.75) is 29.1 Å². The molecule has 3 rings (SSSR count). The van der Waals surface area contributed by atoms with Gasteiger partial charge in [-0.15, -0.1) is 0 Å². The molecule has 2 aromatic rings. The van der Waals surface area contributed by atoms with Gasteiger partial charge in [0.15, 0.2) is 0 Å². The molecule has 0 aromatic carbocycles. The van der Waals surface area contributed by atoms with Crippen LogP contribution in [0.2, 0.25) is 10.6 Å². The monoisotopic (exact) mass is 585 g/mol. The van der Waals surface area contributed by atoms with Crippen molar-refractivity contribution in [3.05, 3.63) is 12.7 Å². The normalized spacial score (nSPS) is 27.9. The summed E-state index contributed by atoms with van der Waals surface area (Å²) in [5.74, 6) is 1.96. The van der Waals surface area contributed by atoms with Gasteiger partial charge in [0.2, 0.25) is 0 Å². The molecule has 1 aliphatic rings. The summed E-state index contributed by atoms with van der Waals surface area (Å²) in [7, 11) is -16.5. The van der Waals surface area contributed by atoms with Gasteiger partial charge in [0.05, 0.1) is 0 Å². The molecule has 32 heavy (non-hydrogen) atoms. The third-order valence-corrected chi connectivity index (χ3v) is 10.1. The van der Waals surface area contributed by atoms with Crippen molar-refractivity contribution in [1.29, 1.82) is 0 Å². The van der Waals surface area contributed by atoms with Gasteiger partial charge >= 0.3 is 185 Å². The maximum atomic E-state index is 11.9. The first kappa shape index (κ1) is 25.8. The number of fused-ring (bicyclic) bond motifs is 1. The molecule has 17 nitrogen and oxygen atoms in total. The van der Waals surface area contributed by atoms with E-state index in [0.29, 0.717) is 11.2 Å². The fourth-order valence-corrected chi connectivity index (χ4v) is 7.74. The Bertz CT molecular complexity index is 1130. The van der Waals surface area contributed by atoms with Crippen molar-refractivity contribution in [1.82, 2.24) is 19.5 Å². The van der Waals surface area contributed by atoms with Crippen LogP contribution in [-0.2, 0) is 31.6 Å². The zero-order valence-electron chi connectivity index (χ0n) is 15.9. The molecule has 0 spiro atoms. The molecular weight excluding hydrogens is 566 g/mol. The summed E-state index contributed by atoms with van der Waals surface area (Å²) in [5.41, 5.74) is 6.41. The Morgan fingerprint density at radius 2 is 1.84 bits per heavy atom. The van der Waals surface area contributed by atoms with Crippen molar-refractivity contribution in [3.63, 3.8) is 0 Å². The number of hydrogen-bond donors (Lipinski definition) is 6. The van der Waals surface area contributed by atoms with Gasteiger partial charge in [-0.3, -0.25) is 0 Å². The molecule has 0 amide bonds. The Hall–Kier alpha value is -0.801. The molecule has 1 aliphatic heterocycles. The number of nitrogens with zero attached hydrogens (tertiary/aromatic N) is 4. The van der Waals surface area contributed by atoms with E-state index in [1.807, 2.05) is 5.82 Å². The molecule has 1 saturated heterocycles. The summed E-state index contributed by atoms with van der Waals surface area (Å²) in [6.07, 6.45) is -0.567. The van der Waals surface area contributed by atoms with Crippen molar-refractivity contribution in [2.75, 3.05) is 12.3 Å². The van der Waals surface area contributed by atoms with Crippen molar-refractivity contribution in [3.8, 4) is 0 Å². The number of phosphoric ester groups is 1. The van der Waals surface area contributed by atoms with Gasteiger partial charge in [-0.05, 0) is 0 Å². The first-order valence-electron chi connectivity index (χ1n) is 8.31. The van der Waals surface area contributed by atoms with E-state index in [1.54, 1.807) is 0 Å². The molecule has 3 heterocycles. The van der Waals surface area contributed by atoms with Crippen LogP contribution in [-0.4, -0.2) is 78.0 Å². The van der Waals surface area contributed by atoms with Gasteiger partial charge in [-0.2, -0.15) is 0 Å². The zero-order valence-corrected chi connectivity index (χ0v) is 20.3. The third kappa shape index (κ3) is 6.00. The Labute approximate surface area is 185 Å². The van der Waals surface area contributed by atoms with Gasteiger partial charge in [0, 0.05) is 0 Å². The number of aliphatic hydroxyl groups is 1. The number of imidazole rings is 1. The number of ether oxygens (including phenoxy) is 1. The number of hydrogen-bond acceptors (Lipinski definition) is 12. The summed E-state index contributed by atoms with van der Waals surface area (Å²) >= 11 is -0.203. The Morgan fingerprint density at radius 3 is 2.47 bits per heavy atom. The van der Waals surface area contributed by atoms with E-state index in [2.05, 4.69) is 28.1 Å². The summed E-state index contributed by atoms with van der Waals surface area (Å²) in [5, 5.41) is 10.6. The van der Waals surface area contributed by atoms with Crippen molar-refractivity contribution in [2.24, 2.45) is 0 Å². The van der Waals surface area contributed by atoms with E-state index >= 15 is 0 Å². The molecule has 0 aliphatic carbocycles. The van der Waals surface area contributed by atoms with E-state index in [0.717, 1.165) is 0 Å². The number of phosphoric acid groups is 3. The molecule has 2 aromatic heterocycles. The molecule has 0 bridgehead atoms. The average Bonchev–Trinajstić information content (AvgIpc) is 3.18. The van der Waals surface area contributed by atoms with Crippen LogP contribution in [0.1, 0.15) is 6.23 Å². The second-order valence-corrected chi connectivity index (χ2v) is 12.8. The summed E-state index contributed by atoms with van der Waals surface area (Å²) in [6, 6.07) is 0. The van der Waals surface area contributed by atoms with E-state index in [9.17, 15) is 28.6 Å². The van der Waals surface area contributed by atoms with Crippen LogP contribution in [0, 0.1) is 0 Å². The summed E-state index contributed by atoms with van der Waals surface area (Å²) < 4.78 is 53.1. The number of nitrogen functional groups attached to an aromatic ring is 1. The molecule has 0 radical (unpaired) electrons. The second kappa shape index (κ2) is 9.45. The first-order valence-corrected chi connectivity index (χ1v) is 15.5. The van der Waals surface area contributed by atoms with Gasteiger partial charge in [0.1, 0.15) is 0 Å². The van der Waals surface area contributed by atoms with Gasteiger partial charge in [0.25, 0.3) is 0 Å². The number of aromatic nitrogens is 4. The van der Waals surface area contributed by atoms with Crippen molar-refractivity contribution < 1.29 is 56.3 Å². The van der Waals surface area contributed by atoms with Crippen LogP contribution in [0.3, 0.4) is 0 Å². The number of aliphatic hydroxyl groups excluding tert-OH is 1. The average molecular weight is 584 g/mol. The standard InChI is InChI=1S/C11H18N5O12P3Se/c1-32-8-7(17)5(2-25-30(21,22)28-31(23,24)27-29(18,19)20)26-11(8)16-4-15-6-9(12)13-3-14-10(6)16/h3-5,7-8,11,17H,2H2,1H3,(H,21,22)(H,23,24)(H2,12,13,14)(H2,18,19,20)/t5-,7-,8-,11-/m1/s1. The molecular formula is C11H18N5O12P3Se. The Balaban J connectivity index is 1.73. The first-order chi connectivity index (χ1) is 14.7. The topological polar surface area (TPSA) is 259 Å². The predicted molar refractivity (Wildman–Crippen MR) is 105 cm³/mol. The van der Waals surface area contributed by atoms with E-state index in [1.165, 1.54) is 17.2 Å². The van der Waals surface area contributed by atoms with Gasteiger partial charge in [-0.25, -0.2) is 0 Å². The summed E-state index contributed by atoms with van der Waals surface area (Å²) in [4.78, 5) is 47.5. The van der Waals surface area contributed by atoms with E-state index < -0.39 is 53.3 Å². The second-order valence-electron chi connectivity index (χ2n) is 6.23. The van der Waals surface area contributed by atoms with Crippen LogP contribution >= 0.6 is 23.5 Å². The molecule has 21 heteroatoms. The van der Waals surface area contributed by atoms with Gasteiger partial charge in [-0.1, -0.05) is 0 Å². The van der Waals surface area contributed by atoms with Crippen LogP contribution < -0.4 is 5.73 Å². The molecule has 2 unspecified atom stereocenters. The Morgan fingerprint density at radius 1 is 1.16 bits per heavy atom. The van der Waals surface area contributed by atoms with Crippen LogP contribution in [0.25, 0.3) is 11.2 Å². The summed E-state index contributed by atoms with van der Waals surface area (Å²) in [6.45, 7) is -0.780. The van der Waals surface area contributed by atoms with Gasteiger partial charge < -0.3 is 0 Å². The fraction of sp³-hybridized carbons (Fsp3) is 0.545. The number of anilines is 1. The number of nitrogens with two attached hydrogens (primary N) is 1. The Kier molecular flexibility index (Phi) is 7.62. The molecule has 0 saturated carbocycles. The zero-order chi connectivity index (χ0) is 23.9. The SMILES string of the molecule is C[Se][C@@H]1[C@H](O)[C@@H](COP(=O)(O)OP(=O)(O)OP(=O)(O)O)O[C@H]1n1cnc2c(N)ncnc21. The molecule has 7 N–H and O–H groups in total. The quantitative estimate of drug-likeness (QED) is 0.161. The van der Waals surface area contributed by atoms with Crippen LogP contribution in [0.4, 0.5) is 5.82 Å². The van der Waals surface area contributed by atoms with Crippen molar-refractivity contribution >= 4 is 55.4 Å². The molecule has 180 valence electrons. The van der Waals surface area contributed by atoms with E-state index in [-0.39, 0.29) is 20.8 Å². The predicted octanol–water partition coefficient (Wildman–Crippen LogP) is -0.449. The minimum absolute atomic E-state index is 0.134. The minimum atomic E-state index is -5.65. The number of rotatable bonds is 9. The molecule has 6 atom stereocenters. The maximum absolute atomic E-state index is 11.9. The third-order valence-electron chi connectivity index (χ3n) is 4.06. The fourth-order valence-electron chi connectivity index (χ4n) is 2.86. The van der Waals surface area contributed by atoms with Crippen LogP contribution in [0.15, 0.2) is 12.7 Å². The molecule has 1 fully saturated rings. The van der Waals surface area contributed by atoms with Crippen LogP contribution in [0.5, 0.6) is 0 Å². The van der Waals surface area contributed by atoms with E-state index in [4.69, 9.17) is 20.3 Å².